The van der Waals surface area contributed by atoms with Gasteiger partial charge in [-0.2, -0.15) is 11.3 Å². The van der Waals surface area contributed by atoms with Crippen LogP contribution in [0.2, 0.25) is 0 Å². The molecule has 1 rings (SSSR count). The highest BCUT2D eigenvalue weighted by molar-refractivity contribution is 7.07. The third-order valence-electron chi connectivity index (χ3n) is 2.57. The zero-order valence-corrected chi connectivity index (χ0v) is 10.6. The molecular weight excluding hydrogens is 206 g/mol. The predicted molar refractivity (Wildman–Crippen MR) is 66.6 cm³/mol. The molecule has 0 aromatic carbocycles. The van der Waals surface area contributed by atoms with Crippen molar-refractivity contribution in [3.63, 3.8) is 0 Å². The SMILES string of the molecule is CCNC(Cc1ccsc1)CC(C)OC. The molecule has 2 atom stereocenters. The maximum Gasteiger partial charge on any atom is 0.0558 e. The van der Waals surface area contributed by atoms with Gasteiger partial charge in [0.2, 0.25) is 0 Å². The lowest BCUT2D eigenvalue weighted by atomic mass is 10.0. The Kier molecular flexibility index (Phi) is 5.91. The molecule has 0 radical (unpaired) electrons. The van der Waals surface area contributed by atoms with Gasteiger partial charge in [-0.1, -0.05) is 6.92 Å². The Morgan fingerprint density at radius 2 is 2.33 bits per heavy atom. The van der Waals surface area contributed by atoms with Gasteiger partial charge in [-0.05, 0) is 48.7 Å². The summed E-state index contributed by atoms with van der Waals surface area (Å²) in [6, 6.07) is 2.73. The first-order chi connectivity index (χ1) is 7.26. The Bertz CT molecular complexity index is 248. The topological polar surface area (TPSA) is 21.3 Å². The van der Waals surface area contributed by atoms with Crippen LogP contribution in [0.5, 0.6) is 0 Å². The molecule has 0 amide bonds. The Morgan fingerprint density at radius 1 is 1.53 bits per heavy atom. The Hall–Kier alpha value is -0.380. The quantitative estimate of drug-likeness (QED) is 0.773. The van der Waals surface area contributed by atoms with Crippen molar-refractivity contribution in [3.05, 3.63) is 22.4 Å². The summed E-state index contributed by atoms with van der Waals surface area (Å²) in [5.41, 5.74) is 1.43. The van der Waals surface area contributed by atoms with E-state index in [2.05, 4.69) is 36.0 Å². The molecule has 0 spiro atoms. The normalized spacial score (nSPS) is 15.1. The van der Waals surface area contributed by atoms with Crippen molar-refractivity contribution in [3.8, 4) is 0 Å². The van der Waals surface area contributed by atoms with Gasteiger partial charge in [-0.25, -0.2) is 0 Å². The van der Waals surface area contributed by atoms with E-state index in [0.717, 1.165) is 19.4 Å². The third-order valence-corrected chi connectivity index (χ3v) is 3.31. The van der Waals surface area contributed by atoms with Crippen molar-refractivity contribution in [2.75, 3.05) is 13.7 Å². The summed E-state index contributed by atoms with van der Waals surface area (Å²) in [4.78, 5) is 0. The molecule has 0 bridgehead atoms. The van der Waals surface area contributed by atoms with Crippen LogP contribution < -0.4 is 5.32 Å². The average Bonchev–Trinajstić information content (AvgIpc) is 2.70. The summed E-state index contributed by atoms with van der Waals surface area (Å²) in [5.74, 6) is 0. The highest BCUT2D eigenvalue weighted by atomic mass is 32.1. The number of hydrogen-bond acceptors (Lipinski definition) is 3. The second kappa shape index (κ2) is 6.99. The Morgan fingerprint density at radius 3 is 2.87 bits per heavy atom. The summed E-state index contributed by atoms with van der Waals surface area (Å²) in [7, 11) is 1.78. The van der Waals surface area contributed by atoms with E-state index in [1.165, 1.54) is 5.56 Å². The summed E-state index contributed by atoms with van der Waals surface area (Å²) >= 11 is 1.77. The molecule has 1 N–H and O–H groups in total. The van der Waals surface area contributed by atoms with Crippen molar-refractivity contribution in [1.82, 2.24) is 5.32 Å². The standard InChI is InChI=1S/C12H21NOS/c1-4-13-12(7-10(2)14-3)8-11-5-6-15-9-11/h5-6,9-10,12-13H,4,7-8H2,1-3H3. The minimum atomic E-state index is 0.327. The van der Waals surface area contributed by atoms with E-state index in [4.69, 9.17) is 4.74 Å². The van der Waals surface area contributed by atoms with Gasteiger partial charge in [0.15, 0.2) is 0 Å². The number of rotatable bonds is 7. The monoisotopic (exact) mass is 227 g/mol. The second-order valence-corrected chi connectivity index (χ2v) is 4.65. The molecule has 86 valence electrons. The lowest BCUT2D eigenvalue weighted by Crippen LogP contribution is -2.34. The van der Waals surface area contributed by atoms with Crippen LogP contribution in [0.4, 0.5) is 0 Å². The molecule has 1 heterocycles. The minimum Gasteiger partial charge on any atom is -0.382 e. The van der Waals surface area contributed by atoms with E-state index in [9.17, 15) is 0 Å². The van der Waals surface area contributed by atoms with Crippen LogP contribution in [-0.2, 0) is 11.2 Å². The van der Waals surface area contributed by atoms with Gasteiger partial charge >= 0.3 is 0 Å². The van der Waals surface area contributed by atoms with Crippen LogP contribution in [0, 0.1) is 0 Å². The molecule has 0 aliphatic carbocycles. The van der Waals surface area contributed by atoms with Crippen molar-refractivity contribution in [2.45, 2.75) is 38.8 Å². The molecule has 1 aromatic rings. The number of nitrogens with one attached hydrogen (secondary N) is 1. The average molecular weight is 227 g/mol. The van der Waals surface area contributed by atoms with Crippen LogP contribution in [-0.4, -0.2) is 25.8 Å². The molecule has 0 aliphatic rings. The number of likely N-dealkylation sites (N-methyl/N-ethyl adjacent to an activating group) is 1. The maximum atomic E-state index is 5.31. The Balaban J connectivity index is 2.43. The zero-order chi connectivity index (χ0) is 11.1. The van der Waals surface area contributed by atoms with E-state index < -0.39 is 0 Å². The van der Waals surface area contributed by atoms with Gasteiger partial charge in [-0.15, -0.1) is 0 Å². The fourth-order valence-electron chi connectivity index (χ4n) is 1.72. The molecule has 0 saturated carbocycles. The number of hydrogen-bond donors (Lipinski definition) is 1. The van der Waals surface area contributed by atoms with Gasteiger partial charge in [0, 0.05) is 13.2 Å². The van der Waals surface area contributed by atoms with E-state index >= 15 is 0 Å². The van der Waals surface area contributed by atoms with Gasteiger partial charge in [0.05, 0.1) is 6.10 Å². The molecule has 3 heteroatoms. The first kappa shape index (κ1) is 12.7. The van der Waals surface area contributed by atoms with Gasteiger partial charge in [0.25, 0.3) is 0 Å². The van der Waals surface area contributed by atoms with Crippen molar-refractivity contribution >= 4 is 11.3 Å². The van der Waals surface area contributed by atoms with Gasteiger partial charge < -0.3 is 10.1 Å². The summed E-state index contributed by atoms with van der Waals surface area (Å²) in [5, 5.41) is 7.87. The summed E-state index contributed by atoms with van der Waals surface area (Å²) in [6.45, 7) is 5.29. The Labute approximate surface area is 96.7 Å². The van der Waals surface area contributed by atoms with Crippen molar-refractivity contribution in [2.24, 2.45) is 0 Å². The fraction of sp³-hybridized carbons (Fsp3) is 0.667. The molecule has 2 unspecified atom stereocenters. The highest BCUT2D eigenvalue weighted by Gasteiger charge is 2.12. The first-order valence-electron chi connectivity index (χ1n) is 5.53. The summed E-state index contributed by atoms with van der Waals surface area (Å²) < 4.78 is 5.31. The second-order valence-electron chi connectivity index (χ2n) is 3.87. The fourth-order valence-corrected chi connectivity index (χ4v) is 2.40. The van der Waals surface area contributed by atoms with Crippen LogP contribution in [0.3, 0.4) is 0 Å². The maximum absolute atomic E-state index is 5.31. The molecule has 0 fully saturated rings. The molecule has 0 aliphatic heterocycles. The van der Waals surface area contributed by atoms with E-state index in [1.807, 2.05) is 0 Å². The van der Waals surface area contributed by atoms with Gasteiger partial charge in [-0.3, -0.25) is 0 Å². The van der Waals surface area contributed by atoms with Gasteiger partial charge in [0.1, 0.15) is 0 Å². The largest absolute Gasteiger partial charge is 0.382 e. The highest BCUT2D eigenvalue weighted by Crippen LogP contribution is 2.12. The predicted octanol–water partition coefficient (Wildman–Crippen LogP) is 2.69. The van der Waals surface area contributed by atoms with Crippen LogP contribution in [0.15, 0.2) is 16.8 Å². The van der Waals surface area contributed by atoms with Crippen LogP contribution >= 0.6 is 11.3 Å². The first-order valence-corrected chi connectivity index (χ1v) is 6.47. The molecule has 1 aromatic heterocycles. The van der Waals surface area contributed by atoms with Crippen molar-refractivity contribution < 1.29 is 4.74 Å². The molecule has 2 nitrogen and oxygen atoms in total. The lowest BCUT2D eigenvalue weighted by Gasteiger charge is -2.20. The number of ether oxygens (including phenoxy) is 1. The smallest absolute Gasteiger partial charge is 0.0558 e. The zero-order valence-electron chi connectivity index (χ0n) is 9.82. The number of thiophene rings is 1. The summed E-state index contributed by atoms with van der Waals surface area (Å²) in [6.07, 6.45) is 2.50. The number of methoxy groups -OCH3 is 1. The van der Waals surface area contributed by atoms with E-state index in [0.29, 0.717) is 12.1 Å². The third kappa shape index (κ3) is 4.78. The molecular formula is C12H21NOS. The van der Waals surface area contributed by atoms with Crippen molar-refractivity contribution in [1.29, 1.82) is 0 Å². The van der Waals surface area contributed by atoms with Crippen LogP contribution in [0.25, 0.3) is 0 Å². The minimum absolute atomic E-state index is 0.327. The van der Waals surface area contributed by atoms with E-state index in [-0.39, 0.29) is 0 Å². The van der Waals surface area contributed by atoms with Crippen LogP contribution in [0.1, 0.15) is 25.8 Å². The molecule has 15 heavy (non-hydrogen) atoms. The lowest BCUT2D eigenvalue weighted by molar-refractivity contribution is 0.101. The molecule has 0 saturated heterocycles. The van der Waals surface area contributed by atoms with E-state index in [1.54, 1.807) is 18.4 Å².